The van der Waals surface area contributed by atoms with Crippen molar-refractivity contribution < 1.29 is 32.3 Å². The third-order valence-corrected chi connectivity index (χ3v) is 7.42. The zero-order chi connectivity index (χ0) is 26.5. The molecule has 2 fully saturated rings. The molecule has 1 saturated carbocycles. The van der Waals surface area contributed by atoms with Crippen molar-refractivity contribution in [2.45, 2.75) is 75.0 Å². The average molecular weight is 551 g/mol. The van der Waals surface area contributed by atoms with Crippen molar-refractivity contribution >= 4 is 22.2 Å². The highest BCUT2D eigenvalue weighted by molar-refractivity contribution is 7.90. The first-order valence-corrected chi connectivity index (χ1v) is 14.5. The first kappa shape index (κ1) is 27.2. The van der Waals surface area contributed by atoms with E-state index < -0.39 is 23.4 Å². The fraction of sp³-hybridized carbons (Fsp3) is 0.577. The van der Waals surface area contributed by atoms with Gasteiger partial charge in [-0.05, 0) is 57.1 Å². The highest BCUT2D eigenvalue weighted by Crippen LogP contribution is 2.30. The number of alkyl halides is 2. The predicted octanol–water partition coefficient (Wildman–Crippen LogP) is 4.74. The molecular formula is C26H32F2N4O5S. The Labute approximate surface area is 223 Å². The summed E-state index contributed by atoms with van der Waals surface area (Å²) in [4.78, 5) is 12.7. The Hall–Kier alpha value is -2.38. The molecule has 0 spiro atoms. The molecule has 5 rings (SSSR count). The van der Waals surface area contributed by atoms with Crippen LogP contribution in [0.25, 0.3) is 16.9 Å². The van der Waals surface area contributed by atoms with Gasteiger partial charge in [0.2, 0.25) is 5.88 Å². The number of hydrogen-bond acceptors (Lipinski definition) is 8. The van der Waals surface area contributed by atoms with Gasteiger partial charge in [0.15, 0.2) is 17.9 Å². The lowest BCUT2D eigenvalue weighted by Gasteiger charge is -2.29. The van der Waals surface area contributed by atoms with Gasteiger partial charge in [-0.15, -0.1) is 4.98 Å². The quantitative estimate of drug-likeness (QED) is 0.203. The van der Waals surface area contributed by atoms with Gasteiger partial charge in [-0.2, -0.15) is 4.98 Å². The molecule has 38 heavy (non-hydrogen) atoms. The Bertz CT molecular complexity index is 1200. The molecule has 0 bridgehead atoms. The van der Waals surface area contributed by atoms with E-state index in [1.807, 2.05) is 0 Å². The van der Waals surface area contributed by atoms with Gasteiger partial charge in [0, 0.05) is 23.8 Å². The molecule has 0 amide bonds. The monoisotopic (exact) mass is 550 g/mol. The van der Waals surface area contributed by atoms with Crippen LogP contribution in [0.5, 0.6) is 5.88 Å². The van der Waals surface area contributed by atoms with Crippen molar-refractivity contribution in [1.82, 2.24) is 19.5 Å². The third-order valence-electron chi connectivity index (χ3n) is 6.72. The second kappa shape index (κ2) is 12.6. The van der Waals surface area contributed by atoms with E-state index in [-0.39, 0.29) is 35.4 Å². The van der Waals surface area contributed by atoms with E-state index in [1.165, 1.54) is 16.9 Å². The van der Waals surface area contributed by atoms with Crippen LogP contribution < -0.4 is 4.74 Å². The standard InChI is InChI=1S/C26H32F2N4O5S/c1-38(33)26-30-21(32-20-7-3-2-6-19(20)29-25(32)24(27)28)16-22(31-26)37-18-11-9-17(10-12-18)34-14-15-36-23-8-4-5-13-35-23/h2-3,6-7,16-18,23-24H,4-5,8-15H2,1H3/t17-,18-,23?,38?. The SMILES string of the molecule is C[S+]([O-])c1nc(O[C@H]2CC[C@H](OCCOC3CCCCO3)CC2)cc(-n2c(C(F)F)nc3ccccc32)n1. The van der Waals surface area contributed by atoms with E-state index in [2.05, 4.69) is 15.0 Å². The first-order chi connectivity index (χ1) is 18.5. The molecule has 206 valence electrons. The van der Waals surface area contributed by atoms with Gasteiger partial charge in [0.05, 0.1) is 30.4 Å². The molecule has 1 aliphatic carbocycles. The molecule has 2 aromatic heterocycles. The maximum atomic E-state index is 13.9. The second-order valence-electron chi connectivity index (χ2n) is 9.45. The van der Waals surface area contributed by atoms with Gasteiger partial charge in [0.1, 0.15) is 12.4 Å². The summed E-state index contributed by atoms with van der Waals surface area (Å²) in [6.07, 6.45) is 4.77. The van der Waals surface area contributed by atoms with Crippen LogP contribution in [0, 0.1) is 0 Å². The maximum Gasteiger partial charge on any atom is 0.347 e. The van der Waals surface area contributed by atoms with Crippen LogP contribution in [0.3, 0.4) is 0 Å². The van der Waals surface area contributed by atoms with Gasteiger partial charge in [-0.25, -0.2) is 13.8 Å². The Morgan fingerprint density at radius 3 is 2.53 bits per heavy atom. The highest BCUT2D eigenvalue weighted by Gasteiger charge is 2.27. The number of hydrogen-bond donors (Lipinski definition) is 0. The lowest BCUT2D eigenvalue weighted by Crippen LogP contribution is -2.30. The Kier molecular flexibility index (Phi) is 9.05. The summed E-state index contributed by atoms with van der Waals surface area (Å²) in [6, 6.07) is 8.32. The van der Waals surface area contributed by atoms with Crippen molar-refractivity contribution in [2.75, 3.05) is 26.1 Å². The molecule has 12 heteroatoms. The fourth-order valence-electron chi connectivity index (χ4n) is 4.85. The Morgan fingerprint density at radius 2 is 1.79 bits per heavy atom. The number of benzene rings is 1. The minimum absolute atomic E-state index is 0.00876. The second-order valence-corrected chi connectivity index (χ2v) is 10.7. The summed E-state index contributed by atoms with van der Waals surface area (Å²) >= 11 is -1.55. The summed E-state index contributed by atoms with van der Waals surface area (Å²) in [7, 11) is 0. The van der Waals surface area contributed by atoms with Crippen LogP contribution in [0.1, 0.15) is 57.2 Å². The average Bonchev–Trinajstić information content (AvgIpc) is 3.33. The van der Waals surface area contributed by atoms with Crippen molar-refractivity contribution in [1.29, 1.82) is 0 Å². The molecule has 3 heterocycles. The summed E-state index contributed by atoms with van der Waals surface area (Å²) in [5, 5.41) is 0.00876. The van der Waals surface area contributed by atoms with E-state index in [9.17, 15) is 13.3 Å². The number of aromatic nitrogens is 4. The zero-order valence-corrected chi connectivity index (χ0v) is 22.1. The van der Waals surface area contributed by atoms with Crippen LogP contribution in [0.15, 0.2) is 35.5 Å². The van der Waals surface area contributed by atoms with Crippen LogP contribution in [0.2, 0.25) is 0 Å². The number of fused-ring (bicyclic) bond motifs is 1. The number of ether oxygens (including phenoxy) is 4. The lowest BCUT2D eigenvalue weighted by molar-refractivity contribution is -0.172. The van der Waals surface area contributed by atoms with Gasteiger partial charge < -0.3 is 23.5 Å². The molecule has 0 N–H and O–H groups in total. The van der Waals surface area contributed by atoms with Crippen LogP contribution in [-0.4, -0.2) is 68.6 Å². The molecule has 2 unspecified atom stereocenters. The number of halogens is 2. The van der Waals surface area contributed by atoms with Gasteiger partial charge in [-0.1, -0.05) is 12.1 Å². The minimum Gasteiger partial charge on any atom is -0.609 e. The summed E-state index contributed by atoms with van der Waals surface area (Å²) < 4.78 is 64.8. The van der Waals surface area contributed by atoms with Crippen molar-refractivity contribution in [2.24, 2.45) is 0 Å². The smallest absolute Gasteiger partial charge is 0.347 e. The van der Waals surface area contributed by atoms with E-state index in [4.69, 9.17) is 18.9 Å². The summed E-state index contributed by atoms with van der Waals surface area (Å²) in [5.41, 5.74) is 0.884. The lowest BCUT2D eigenvalue weighted by atomic mass is 9.95. The van der Waals surface area contributed by atoms with E-state index in [0.717, 1.165) is 51.6 Å². The molecular weight excluding hydrogens is 518 g/mol. The molecule has 9 nitrogen and oxygen atoms in total. The van der Waals surface area contributed by atoms with Crippen LogP contribution in [-0.2, 0) is 25.4 Å². The maximum absolute atomic E-state index is 13.9. The van der Waals surface area contributed by atoms with Crippen molar-refractivity contribution in [3.8, 4) is 11.7 Å². The zero-order valence-electron chi connectivity index (χ0n) is 21.3. The third kappa shape index (κ3) is 6.60. The highest BCUT2D eigenvalue weighted by atomic mass is 32.2. The van der Waals surface area contributed by atoms with E-state index in [0.29, 0.717) is 24.2 Å². The van der Waals surface area contributed by atoms with Gasteiger partial charge in [-0.3, -0.25) is 4.57 Å². The molecule has 3 aromatic rings. The summed E-state index contributed by atoms with van der Waals surface area (Å²) in [5.74, 6) is -0.105. The van der Waals surface area contributed by atoms with Gasteiger partial charge >= 0.3 is 5.16 Å². The predicted molar refractivity (Wildman–Crippen MR) is 136 cm³/mol. The minimum atomic E-state index is -2.83. The number of imidazole rings is 1. The molecule has 1 saturated heterocycles. The van der Waals surface area contributed by atoms with Crippen molar-refractivity contribution in [3.05, 3.63) is 36.2 Å². The summed E-state index contributed by atoms with van der Waals surface area (Å²) in [6.45, 7) is 1.78. The largest absolute Gasteiger partial charge is 0.609 e. The fourth-order valence-corrected chi connectivity index (χ4v) is 5.29. The molecule has 0 radical (unpaired) electrons. The molecule has 1 aromatic carbocycles. The number of para-hydroxylation sites is 2. The normalized spacial score (nSPS) is 23.1. The van der Waals surface area contributed by atoms with Crippen LogP contribution in [0.4, 0.5) is 8.78 Å². The number of rotatable bonds is 10. The topological polar surface area (TPSA) is 104 Å². The first-order valence-electron chi connectivity index (χ1n) is 13.0. The molecule has 2 atom stereocenters. The Morgan fingerprint density at radius 1 is 1.03 bits per heavy atom. The number of nitrogens with zero attached hydrogens (tertiary/aromatic N) is 4. The molecule has 2 aliphatic rings. The Balaban J connectivity index is 1.23. The van der Waals surface area contributed by atoms with Crippen molar-refractivity contribution in [3.63, 3.8) is 0 Å². The van der Waals surface area contributed by atoms with E-state index in [1.54, 1.807) is 24.3 Å². The molecule has 1 aliphatic heterocycles. The van der Waals surface area contributed by atoms with Crippen LogP contribution >= 0.6 is 0 Å². The van der Waals surface area contributed by atoms with Gasteiger partial charge in [0.25, 0.3) is 6.43 Å². The van der Waals surface area contributed by atoms with E-state index >= 15 is 0 Å².